The molecule has 0 unspecified atom stereocenters. The van der Waals surface area contributed by atoms with Crippen LogP contribution in [-0.4, -0.2) is 10.9 Å². The molecule has 0 saturated heterocycles. The number of hydrogen-bond donors (Lipinski definition) is 2. The van der Waals surface area contributed by atoms with Gasteiger partial charge in [-0.25, -0.2) is 4.98 Å². The Kier molecular flexibility index (Phi) is 3.96. The van der Waals surface area contributed by atoms with Crippen molar-refractivity contribution in [2.75, 3.05) is 11.1 Å². The number of benzene rings is 1. The molecular formula is C15H14N4O. The van der Waals surface area contributed by atoms with Crippen LogP contribution in [-0.2, 0) is 6.42 Å². The van der Waals surface area contributed by atoms with Crippen molar-refractivity contribution in [2.45, 2.75) is 13.3 Å². The molecule has 0 fully saturated rings. The average Bonchev–Trinajstić information content (AvgIpc) is 2.47. The summed E-state index contributed by atoms with van der Waals surface area (Å²) in [5, 5.41) is 11.7. The monoisotopic (exact) mass is 266 g/mol. The van der Waals surface area contributed by atoms with Crippen LogP contribution in [0.2, 0.25) is 0 Å². The van der Waals surface area contributed by atoms with Crippen molar-refractivity contribution >= 4 is 17.4 Å². The number of aromatic nitrogens is 1. The van der Waals surface area contributed by atoms with E-state index in [-0.39, 0.29) is 5.91 Å². The first-order valence-electron chi connectivity index (χ1n) is 6.21. The smallest absolute Gasteiger partial charge is 0.255 e. The normalized spacial score (nSPS) is 9.80. The highest BCUT2D eigenvalue weighted by Gasteiger charge is 2.10. The Bertz CT molecular complexity index is 689. The summed E-state index contributed by atoms with van der Waals surface area (Å²) in [5.41, 5.74) is 7.76. The molecule has 0 spiro atoms. The average molecular weight is 266 g/mol. The number of nitriles is 1. The highest BCUT2D eigenvalue weighted by molar-refractivity contribution is 6.05. The molecule has 1 amide bonds. The third-order valence-corrected chi connectivity index (χ3v) is 2.82. The van der Waals surface area contributed by atoms with Gasteiger partial charge in [-0.15, -0.1) is 0 Å². The van der Waals surface area contributed by atoms with E-state index in [2.05, 4.69) is 10.3 Å². The minimum absolute atomic E-state index is 0.308. The maximum atomic E-state index is 12.2. The summed E-state index contributed by atoms with van der Waals surface area (Å²) >= 11 is 0. The third-order valence-electron chi connectivity index (χ3n) is 2.82. The van der Waals surface area contributed by atoms with Gasteiger partial charge in [-0.05, 0) is 30.7 Å². The molecular weight excluding hydrogens is 252 g/mol. The van der Waals surface area contributed by atoms with Crippen LogP contribution in [0, 0.1) is 11.3 Å². The number of nitrogens with zero attached hydrogens (tertiary/aromatic N) is 2. The number of nitrogens with two attached hydrogens (primary N) is 1. The largest absolute Gasteiger partial charge is 0.384 e. The number of pyridine rings is 1. The van der Waals surface area contributed by atoms with Gasteiger partial charge in [0.15, 0.2) is 0 Å². The molecule has 1 aromatic carbocycles. The zero-order valence-electron chi connectivity index (χ0n) is 11.1. The molecule has 0 saturated carbocycles. The van der Waals surface area contributed by atoms with Gasteiger partial charge >= 0.3 is 0 Å². The van der Waals surface area contributed by atoms with Crippen LogP contribution >= 0.6 is 0 Å². The van der Waals surface area contributed by atoms with E-state index in [9.17, 15) is 4.79 Å². The van der Waals surface area contributed by atoms with E-state index in [0.29, 0.717) is 29.1 Å². The van der Waals surface area contributed by atoms with Crippen LogP contribution in [0.1, 0.15) is 28.5 Å². The molecule has 2 rings (SSSR count). The van der Waals surface area contributed by atoms with Gasteiger partial charge in [-0.1, -0.05) is 19.1 Å². The SMILES string of the molecule is CCc1cc(C(=O)Nc2ccccc2C#N)cc(N)n1. The molecule has 2 aromatic rings. The Morgan fingerprint density at radius 1 is 1.40 bits per heavy atom. The fourth-order valence-electron chi connectivity index (χ4n) is 1.81. The predicted molar refractivity (Wildman–Crippen MR) is 77.1 cm³/mol. The van der Waals surface area contributed by atoms with Crippen molar-refractivity contribution in [3.8, 4) is 6.07 Å². The van der Waals surface area contributed by atoms with E-state index >= 15 is 0 Å². The number of nitrogens with one attached hydrogen (secondary N) is 1. The maximum absolute atomic E-state index is 12.2. The molecule has 5 nitrogen and oxygen atoms in total. The third kappa shape index (κ3) is 2.93. The van der Waals surface area contributed by atoms with Gasteiger partial charge in [-0.2, -0.15) is 5.26 Å². The van der Waals surface area contributed by atoms with Crippen LogP contribution < -0.4 is 11.1 Å². The quantitative estimate of drug-likeness (QED) is 0.891. The number of aryl methyl sites for hydroxylation is 1. The molecule has 0 aliphatic carbocycles. The summed E-state index contributed by atoms with van der Waals surface area (Å²) in [6.07, 6.45) is 0.695. The van der Waals surface area contributed by atoms with E-state index in [0.717, 1.165) is 5.69 Å². The summed E-state index contributed by atoms with van der Waals surface area (Å²) in [5.74, 6) is -0.000400. The molecule has 20 heavy (non-hydrogen) atoms. The zero-order valence-corrected chi connectivity index (χ0v) is 11.1. The van der Waals surface area contributed by atoms with Gasteiger partial charge in [0.25, 0.3) is 5.91 Å². The van der Waals surface area contributed by atoms with Gasteiger partial charge in [0.2, 0.25) is 0 Å². The highest BCUT2D eigenvalue weighted by atomic mass is 16.1. The molecule has 0 aliphatic heterocycles. The minimum atomic E-state index is -0.309. The minimum Gasteiger partial charge on any atom is -0.384 e. The fourth-order valence-corrected chi connectivity index (χ4v) is 1.81. The summed E-state index contributed by atoms with van der Waals surface area (Å²) in [7, 11) is 0. The lowest BCUT2D eigenvalue weighted by Crippen LogP contribution is -2.14. The van der Waals surface area contributed by atoms with Gasteiger partial charge in [0.1, 0.15) is 11.9 Å². The molecule has 5 heteroatoms. The van der Waals surface area contributed by atoms with Crippen LogP contribution in [0.3, 0.4) is 0 Å². The van der Waals surface area contributed by atoms with Gasteiger partial charge in [-0.3, -0.25) is 4.79 Å². The first-order valence-corrected chi connectivity index (χ1v) is 6.21. The zero-order chi connectivity index (χ0) is 14.5. The molecule has 0 atom stereocenters. The second-order valence-corrected chi connectivity index (χ2v) is 4.24. The first kappa shape index (κ1) is 13.6. The van der Waals surface area contributed by atoms with Crippen LogP contribution in [0.5, 0.6) is 0 Å². The Hall–Kier alpha value is -2.87. The maximum Gasteiger partial charge on any atom is 0.255 e. The van der Waals surface area contributed by atoms with Gasteiger partial charge in [0.05, 0.1) is 11.3 Å². The van der Waals surface area contributed by atoms with Gasteiger partial charge in [0, 0.05) is 11.3 Å². The Labute approximate surface area is 117 Å². The van der Waals surface area contributed by atoms with Crippen LogP contribution in [0.25, 0.3) is 0 Å². The van der Waals surface area contributed by atoms with Crippen molar-refractivity contribution in [2.24, 2.45) is 0 Å². The number of carbonyl (C=O) groups excluding carboxylic acids is 1. The number of carbonyl (C=O) groups is 1. The fraction of sp³-hybridized carbons (Fsp3) is 0.133. The molecule has 0 aliphatic rings. The van der Waals surface area contributed by atoms with E-state index in [4.69, 9.17) is 11.0 Å². The standard InChI is InChI=1S/C15H14N4O/c1-2-12-7-11(8-14(17)18-12)15(20)19-13-6-4-3-5-10(13)9-16/h3-8H,2H2,1H3,(H2,17,18)(H,19,20). The number of anilines is 2. The summed E-state index contributed by atoms with van der Waals surface area (Å²) in [6, 6.07) is 12.1. The Balaban J connectivity index is 2.29. The van der Waals surface area contributed by atoms with Crippen molar-refractivity contribution in [1.82, 2.24) is 4.98 Å². The molecule has 1 heterocycles. The summed E-state index contributed by atoms with van der Waals surface area (Å²) in [6.45, 7) is 1.94. The van der Waals surface area contributed by atoms with Crippen molar-refractivity contribution < 1.29 is 4.79 Å². The van der Waals surface area contributed by atoms with Crippen LogP contribution in [0.15, 0.2) is 36.4 Å². The molecule has 3 N–H and O–H groups in total. The lowest BCUT2D eigenvalue weighted by molar-refractivity contribution is 0.102. The highest BCUT2D eigenvalue weighted by Crippen LogP contribution is 2.16. The van der Waals surface area contributed by atoms with Crippen molar-refractivity contribution in [3.05, 3.63) is 53.2 Å². The number of para-hydroxylation sites is 1. The number of amides is 1. The van der Waals surface area contributed by atoms with Crippen LogP contribution in [0.4, 0.5) is 11.5 Å². The first-order chi connectivity index (χ1) is 9.63. The van der Waals surface area contributed by atoms with E-state index in [1.807, 2.05) is 13.0 Å². The number of nitrogen functional groups attached to an aromatic ring is 1. The predicted octanol–water partition coefficient (Wildman–Crippen LogP) is 2.35. The lowest BCUT2D eigenvalue weighted by Gasteiger charge is -2.08. The Morgan fingerprint density at radius 3 is 2.85 bits per heavy atom. The molecule has 100 valence electrons. The Morgan fingerprint density at radius 2 is 2.15 bits per heavy atom. The second kappa shape index (κ2) is 5.85. The summed E-state index contributed by atoms with van der Waals surface area (Å²) in [4.78, 5) is 16.3. The molecule has 1 aromatic heterocycles. The topological polar surface area (TPSA) is 91.8 Å². The lowest BCUT2D eigenvalue weighted by atomic mass is 10.1. The van der Waals surface area contributed by atoms with Crippen molar-refractivity contribution in [1.29, 1.82) is 5.26 Å². The van der Waals surface area contributed by atoms with E-state index < -0.39 is 0 Å². The van der Waals surface area contributed by atoms with E-state index in [1.54, 1.807) is 30.3 Å². The van der Waals surface area contributed by atoms with Gasteiger partial charge < -0.3 is 11.1 Å². The second-order valence-electron chi connectivity index (χ2n) is 4.24. The molecule has 0 bridgehead atoms. The molecule has 0 radical (unpaired) electrons. The summed E-state index contributed by atoms with van der Waals surface area (Å²) < 4.78 is 0. The van der Waals surface area contributed by atoms with E-state index in [1.165, 1.54) is 6.07 Å². The van der Waals surface area contributed by atoms with Crippen molar-refractivity contribution in [3.63, 3.8) is 0 Å². The number of hydrogen-bond acceptors (Lipinski definition) is 4. The number of rotatable bonds is 3.